The third-order valence-corrected chi connectivity index (χ3v) is 8.61. The average molecular weight is 614 g/mol. The van der Waals surface area contributed by atoms with E-state index in [1.165, 1.54) is 6.42 Å². The van der Waals surface area contributed by atoms with Crippen LogP contribution in [0.3, 0.4) is 0 Å². The van der Waals surface area contributed by atoms with E-state index in [0.29, 0.717) is 29.5 Å². The molecule has 0 spiro atoms. The van der Waals surface area contributed by atoms with Crippen LogP contribution in [0.5, 0.6) is 0 Å². The van der Waals surface area contributed by atoms with Crippen molar-refractivity contribution in [2.24, 2.45) is 0 Å². The Bertz CT molecular complexity index is 1190. The van der Waals surface area contributed by atoms with Gasteiger partial charge in [-0.1, -0.05) is 101 Å². The topological polar surface area (TPSA) is 49.4 Å². The van der Waals surface area contributed by atoms with Crippen molar-refractivity contribution >= 4 is 51.1 Å². The first-order valence-electron chi connectivity index (χ1n) is 13.2. The summed E-state index contributed by atoms with van der Waals surface area (Å²) in [5, 5.41) is 3.99. The lowest BCUT2D eigenvalue weighted by Gasteiger charge is -2.33. The number of carbonyl (C=O) groups excluding carboxylic acids is 2. The molecule has 2 amide bonds. The molecule has 1 atom stereocenters. The number of benzene rings is 3. The van der Waals surface area contributed by atoms with Gasteiger partial charge in [0.25, 0.3) is 0 Å². The summed E-state index contributed by atoms with van der Waals surface area (Å²) in [6.07, 6.45) is 5.96. The largest absolute Gasteiger partial charge is 0.352 e. The predicted octanol–water partition coefficient (Wildman–Crippen LogP) is 7.42. The van der Waals surface area contributed by atoms with Gasteiger partial charge in [-0.2, -0.15) is 0 Å². The number of carbonyl (C=O) groups is 2. The highest BCUT2D eigenvalue weighted by molar-refractivity contribution is 9.10. The number of hydrogen-bond donors (Lipinski definition) is 1. The van der Waals surface area contributed by atoms with Gasteiger partial charge in [0, 0.05) is 34.3 Å². The highest BCUT2D eigenvalue weighted by atomic mass is 79.9. The average Bonchev–Trinajstić information content (AvgIpc) is 2.93. The van der Waals surface area contributed by atoms with E-state index in [1.54, 1.807) is 16.7 Å². The van der Waals surface area contributed by atoms with Gasteiger partial charge in [-0.15, -0.1) is 11.8 Å². The third-order valence-electron chi connectivity index (χ3n) is 6.87. The van der Waals surface area contributed by atoms with E-state index in [9.17, 15) is 9.59 Å². The number of halogens is 2. The molecule has 4 nitrogen and oxygen atoms in total. The molecule has 0 aliphatic heterocycles. The maximum Gasteiger partial charge on any atom is 0.243 e. The molecule has 38 heavy (non-hydrogen) atoms. The van der Waals surface area contributed by atoms with Crippen molar-refractivity contribution in [3.63, 3.8) is 0 Å². The van der Waals surface area contributed by atoms with Gasteiger partial charge in [0.2, 0.25) is 11.8 Å². The van der Waals surface area contributed by atoms with Gasteiger partial charge < -0.3 is 10.2 Å². The first-order chi connectivity index (χ1) is 18.5. The second-order valence-electron chi connectivity index (χ2n) is 9.82. The number of rotatable bonds is 11. The Hall–Kier alpha value is -2.28. The van der Waals surface area contributed by atoms with Gasteiger partial charge in [-0.05, 0) is 53.8 Å². The quantitative estimate of drug-likeness (QED) is 0.245. The number of amides is 2. The van der Waals surface area contributed by atoms with Crippen LogP contribution in [0, 0.1) is 0 Å². The van der Waals surface area contributed by atoms with Crippen LogP contribution in [0.15, 0.2) is 83.3 Å². The molecule has 0 bridgehead atoms. The van der Waals surface area contributed by atoms with Gasteiger partial charge in [0.15, 0.2) is 0 Å². The van der Waals surface area contributed by atoms with Crippen molar-refractivity contribution in [1.82, 2.24) is 10.2 Å². The van der Waals surface area contributed by atoms with Crippen molar-refractivity contribution in [1.29, 1.82) is 0 Å². The van der Waals surface area contributed by atoms with Crippen LogP contribution in [-0.4, -0.2) is 34.6 Å². The standard InChI is InChI=1S/C31H34BrClN2O2S/c32-26-11-7-10-25(18-26)20-35(30(36)22-38-21-24-14-16-27(33)17-15-24)29(19-23-8-3-1-4-9-23)31(37)34-28-12-5-2-6-13-28/h1,3-4,7-11,14-18,28-29H,2,5-6,12-13,19-22H2,(H,34,37)/t29-/m0/s1. The zero-order chi connectivity index (χ0) is 26.7. The first kappa shape index (κ1) is 28.7. The molecule has 0 radical (unpaired) electrons. The lowest BCUT2D eigenvalue weighted by molar-refractivity contribution is -0.139. The summed E-state index contributed by atoms with van der Waals surface area (Å²) in [6, 6.07) is 25.2. The summed E-state index contributed by atoms with van der Waals surface area (Å²) in [5.41, 5.74) is 3.14. The molecule has 0 saturated heterocycles. The molecule has 1 aliphatic carbocycles. The van der Waals surface area contributed by atoms with E-state index in [-0.39, 0.29) is 17.9 Å². The van der Waals surface area contributed by atoms with Crippen molar-refractivity contribution in [2.75, 3.05) is 5.75 Å². The zero-order valence-electron chi connectivity index (χ0n) is 21.5. The van der Waals surface area contributed by atoms with Crippen molar-refractivity contribution in [3.05, 3.63) is 105 Å². The van der Waals surface area contributed by atoms with Gasteiger partial charge in [0.1, 0.15) is 6.04 Å². The SMILES string of the molecule is O=C(NC1CCCCC1)[C@H](Cc1ccccc1)N(Cc1cccc(Br)c1)C(=O)CSCc1ccc(Cl)cc1. The Morgan fingerprint density at radius 2 is 1.63 bits per heavy atom. The number of thioether (sulfide) groups is 1. The smallest absolute Gasteiger partial charge is 0.243 e. The molecular formula is C31H34BrClN2O2S. The minimum Gasteiger partial charge on any atom is -0.352 e. The van der Waals surface area contributed by atoms with Gasteiger partial charge >= 0.3 is 0 Å². The molecule has 3 aromatic carbocycles. The van der Waals surface area contributed by atoms with E-state index in [4.69, 9.17) is 11.6 Å². The van der Waals surface area contributed by atoms with Crippen LogP contribution < -0.4 is 5.32 Å². The second-order valence-corrected chi connectivity index (χ2v) is 12.2. The normalized spacial score (nSPS) is 14.6. The first-order valence-corrected chi connectivity index (χ1v) is 15.5. The van der Waals surface area contributed by atoms with E-state index >= 15 is 0 Å². The highest BCUT2D eigenvalue weighted by Gasteiger charge is 2.31. The monoisotopic (exact) mass is 612 g/mol. The molecule has 1 saturated carbocycles. The summed E-state index contributed by atoms with van der Waals surface area (Å²) in [5.74, 6) is 0.889. The molecule has 3 aromatic rings. The highest BCUT2D eigenvalue weighted by Crippen LogP contribution is 2.22. The summed E-state index contributed by atoms with van der Waals surface area (Å²) in [7, 11) is 0. The molecule has 4 rings (SSSR count). The Morgan fingerprint density at radius 1 is 0.921 bits per heavy atom. The van der Waals surface area contributed by atoms with Gasteiger partial charge in [0.05, 0.1) is 5.75 Å². The molecule has 1 aliphatic rings. The zero-order valence-corrected chi connectivity index (χ0v) is 24.6. The molecule has 0 heterocycles. The molecule has 1 N–H and O–H groups in total. The Labute approximate surface area is 243 Å². The van der Waals surface area contributed by atoms with Crippen LogP contribution in [0.1, 0.15) is 48.8 Å². The van der Waals surface area contributed by atoms with Crippen molar-refractivity contribution < 1.29 is 9.59 Å². The second kappa shape index (κ2) is 14.8. The summed E-state index contributed by atoms with van der Waals surface area (Å²) >= 11 is 11.1. The molecule has 0 unspecified atom stereocenters. The molecule has 200 valence electrons. The van der Waals surface area contributed by atoms with Crippen LogP contribution in [0.25, 0.3) is 0 Å². The van der Waals surface area contributed by atoms with Gasteiger partial charge in [-0.3, -0.25) is 9.59 Å². The Kier molecular flexibility index (Phi) is 11.2. The van der Waals surface area contributed by atoms with Crippen molar-refractivity contribution in [3.8, 4) is 0 Å². The number of nitrogens with zero attached hydrogens (tertiary/aromatic N) is 1. The minimum absolute atomic E-state index is 0.0383. The summed E-state index contributed by atoms with van der Waals surface area (Å²) in [4.78, 5) is 29.4. The molecular weight excluding hydrogens is 580 g/mol. The van der Waals surface area contributed by atoms with Crippen molar-refractivity contribution in [2.45, 2.75) is 62.9 Å². The van der Waals surface area contributed by atoms with Crippen LogP contribution >= 0.6 is 39.3 Å². The van der Waals surface area contributed by atoms with Crippen LogP contribution in [0.4, 0.5) is 0 Å². The Morgan fingerprint density at radius 3 is 2.34 bits per heavy atom. The molecule has 7 heteroatoms. The van der Waals surface area contributed by atoms with Gasteiger partial charge in [-0.25, -0.2) is 0 Å². The van der Waals surface area contributed by atoms with E-state index < -0.39 is 6.04 Å². The lowest BCUT2D eigenvalue weighted by Crippen LogP contribution is -2.53. The number of nitrogens with one attached hydrogen (secondary N) is 1. The van der Waals surface area contributed by atoms with Crippen LogP contribution in [-0.2, 0) is 28.3 Å². The van der Waals surface area contributed by atoms with E-state index in [1.807, 2.05) is 78.9 Å². The molecule has 0 aromatic heterocycles. The van der Waals surface area contributed by atoms with Crippen LogP contribution in [0.2, 0.25) is 5.02 Å². The van der Waals surface area contributed by atoms with E-state index in [0.717, 1.165) is 46.8 Å². The molecule has 1 fully saturated rings. The maximum atomic E-state index is 13.8. The fraction of sp³-hybridized carbons (Fsp3) is 0.355. The predicted molar refractivity (Wildman–Crippen MR) is 161 cm³/mol. The fourth-order valence-electron chi connectivity index (χ4n) is 4.85. The lowest BCUT2D eigenvalue weighted by atomic mass is 9.94. The number of hydrogen-bond acceptors (Lipinski definition) is 3. The summed E-state index contributed by atoms with van der Waals surface area (Å²) in [6.45, 7) is 0.370. The van der Waals surface area contributed by atoms with E-state index in [2.05, 4.69) is 21.2 Å². The Balaban J connectivity index is 1.56. The summed E-state index contributed by atoms with van der Waals surface area (Å²) < 4.78 is 0.950. The minimum atomic E-state index is -0.595. The third kappa shape index (κ3) is 8.89. The fourth-order valence-corrected chi connectivity index (χ4v) is 6.29. The maximum absolute atomic E-state index is 13.8.